The molecule has 3 aromatic carbocycles. The molecule has 4 heteroatoms. The average molecular weight is 452 g/mol. The Balaban J connectivity index is 0.00000240. The van der Waals surface area contributed by atoms with Crippen molar-refractivity contribution in [2.24, 2.45) is 0 Å². The van der Waals surface area contributed by atoms with Crippen LogP contribution in [0.25, 0.3) is 0 Å². The monoisotopic (exact) mass is 451 g/mol. The van der Waals surface area contributed by atoms with Crippen LogP contribution >= 0.6 is 17.0 Å². The molecule has 0 N–H and O–H groups in total. The van der Waals surface area contributed by atoms with E-state index in [0.717, 1.165) is 24.8 Å². The van der Waals surface area contributed by atoms with Crippen molar-refractivity contribution in [2.75, 3.05) is 7.11 Å². The van der Waals surface area contributed by atoms with Crippen LogP contribution < -0.4 is 4.74 Å². The standard InChI is InChI=1S/C25H25NO2.BrH/c1-28-24-14-8-7-13-23(24)25(27)26(18-19-9-3-2-4-10-19)22-16-15-20-11-5-6-12-21(20)17-22;/h2-14,22H,15-18H2,1H3;1H. The van der Waals surface area contributed by atoms with Crippen molar-refractivity contribution < 1.29 is 9.53 Å². The molecule has 1 amide bonds. The number of carbonyl (C=O) groups is 1. The fraction of sp³-hybridized carbons (Fsp3) is 0.240. The Kier molecular flexibility index (Phi) is 7.10. The van der Waals surface area contributed by atoms with Gasteiger partial charge in [0.2, 0.25) is 0 Å². The van der Waals surface area contributed by atoms with Crippen molar-refractivity contribution in [1.29, 1.82) is 0 Å². The third kappa shape index (κ3) is 4.70. The first-order chi connectivity index (χ1) is 13.8. The van der Waals surface area contributed by atoms with Crippen LogP contribution in [0.3, 0.4) is 0 Å². The molecular formula is C25H26BrNO2. The smallest absolute Gasteiger partial charge is 0.258 e. The minimum absolute atomic E-state index is 0. The van der Waals surface area contributed by atoms with E-state index in [0.29, 0.717) is 17.9 Å². The highest BCUT2D eigenvalue weighted by molar-refractivity contribution is 8.93. The molecule has 0 saturated heterocycles. The van der Waals surface area contributed by atoms with Gasteiger partial charge in [-0.1, -0.05) is 66.7 Å². The van der Waals surface area contributed by atoms with Gasteiger partial charge in [0.05, 0.1) is 12.7 Å². The summed E-state index contributed by atoms with van der Waals surface area (Å²) in [6.07, 6.45) is 2.87. The highest BCUT2D eigenvalue weighted by atomic mass is 79.9. The van der Waals surface area contributed by atoms with Gasteiger partial charge in [-0.3, -0.25) is 4.79 Å². The fourth-order valence-electron chi connectivity index (χ4n) is 4.07. The molecule has 0 fully saturated rings. The zero-order valence-electron chi connectivity index (χ0n) is 16.6. The number of fused-ring (bicyclic) bond motifs is 1. The Labute approximate surface area is 183 Å². The van der Waals surface area contributed by atoms with E-state index in [1.807, 2.05) is 47.4 Å². The third-order valence-corrected chi connectivity index (χ3v) is 5.56. The van der Waals surface area contributed by atoms with Crippen molar-refractivity contribution in [2.45, 2.75) is 31.8 Å². The van der Waals surface area contributed by atoms with E-state index in [1.165, 1.54) is 11.1 Å². The van der Waals surface area contributed by atoms with E-state index in [-0.39, 0.29) is 28.9 Å². The molecule has 0 aromatic heterocycles. The van der Waals surface area contributed by atoms with Crippen LogP contribution in [0.5, 0.6) is 5.75 Å². The maximum absolute atomic E-state index is 13.6. The molecule has 1 aliphatic carbocycles. The van der Waals surface area contributed by atoms with Crippen molar-refractivity contribution in [1.82, 2.24) is 4.90 Å². The van der Waals surface area contributed by atoms with Gasteiger partial charge in [0.15, 0.2) is 0 Å². The molecule has 1 unspecified atom stereocenters. The molecule has 29 heavy (non-hydrogen) atoms. The summed E-state index contributed by atoms with van der Waals surface area (Å²) in [4.78, 5) is 15.6. The van der Waals surface area contributed by atoms with E-state index in [1.54, 1.807) is 7.11 Å². The van der Waals surface area contributed by atoms with E-state index in [2.05, 4.69) is 36.4 Å². The van der Waals surface area contributed by atoms with Crippen LogP contribution in [0.4, 0.5) is 0 Å². The Hall–Kier alpha value is -2.59. The summed E-state index contributed by atoms with van der Waals surface area (Å²) in [5.74, 6) is 0.660. The van der Waals surface area contributed by atoms with Crippen LogP contribution in [0.15, 0.2) is 78.9 Å². The zero-order valence-corrected chi connectivity index (χ0v) is 18.3. The molecule has 0 spiro atoms. The normalized spacial score (nSPS) is 15.0. The fourth-order valence-corrected chi connectivity index (χ4v) is 4.07. The lowest BCUT2D eigenvalue weighted by Gasteiger charge is -2.35. The Morgan fingerprint density at radius 1 is 0.931 bits per heavy atom. The van der Waals surface area contributed by atoms with Crippen molar-refractivity contribution in [3.63, 3.8) is 0 Å². The van der Waals surface area contributed by atoms with Crippen molar-refractivity contribution >= 4 is 22.9 Å². The van der Waals surface area contributed by atoms with Gasteiger partial charge in [0.1, 0.15) is 5.75 Å². The molecule has 3 aromatic rings. The first kappa shape index (κ1) is 21.1. The number of benzene rings is 3. The van der Waals surface area contributed by atoms with Gasteiger partial charge in [-0.05, 0) is 48.1 Å². The van der Waals surface area contributed by atoms with E-state index in [4.69, 9.17) is 4.74 Å². The van der Waals surface area contributed by atoms with Crippen LogP contribution in [-0.2, 0) is 19.4 Å². The molecule has 4 rings (SSSR count). The number of hydrogen-bond acceptors (Lipinski definition) is 2. The lowest BCUT2D eigenvalue weighted by atomic mass is 9.87. The van der Waals surface area contributed by atoms with Gasteiger partial charge >= 0.3 is 0 Å². The molecule has 150 valence electrons. The molecule has 1 atom stereocenters. The topological polar surface area (TPSA) is 29.5 Å². The van der Waals surface area contributed by atoms with Crippen LogP contribution in [0.1, 0.15) is 33.5 Å². The quantitative estimate of drug-likeness (QED) is 0.514. The first-order valence-electron chi connectivity index (χ1n) is 9.81. The molecule has 1 aliphatic rings. The summed E-state index contributed by atoms with van der Waals surface area (Å²) in [7, 11) is 1.62. The van der Waals surface area contributed by atoms with Gasteiger partial charge < -0.3 is 9.64 Å². The first-order valence-corrected chi connectivity index (χ1v) is 9.81. The Bertz CT molecular complexity index is 958. The summed E-state index contributed by atoms with van der Waals surface area (Å²) in [6, 6.07) is 26.5. The molecule has 3 nitrogen and oxygen atoms in total. The molecule has 0 aliphatic heterocycles. The predicted molar refractivity (Wildman–Crippen MR) is 122 cm³/mol. The highest BCUT2D eigenvalue weighted by Crippen LogP contribution is 2.28. The Morgan fingerprint density at radius 2 is 1.59 bits per heavy atom. The lowest BCUT2D eigenvalue weighted by molar-refractivity contribution is 0.0640. The summed E-state index contributed by atoms with van der Waals surface area (Å²) in [5.41, 5.74) is 4.53. The maximum atomic E-state index is 13.6. The highest BCUT2D eigenvalue weighted by Gasteiger charge is 2.29. The summed E-state index contributed by atoms with van der Waals surface area (Å²) in [6.45, 7) is 0.602. The predicted octanol–water partition coefficient (Wildman–Crippen LogP) is 5.47. The van der Waals surface area contributed by atoms with Gasteiger partial charge in [-0.15, -0.1) is 17.0 Å². The average Bonchev–Trinajstić information content (AvgIpc) is 2.77. The van der Waals surface area contributed by atoms with Crippen LogP contribution in [-0.4, -0.2) is 24.0 Å². The minimum atomic E-state index is 0. The van der Waals surface area contributed by atoms with Crippen molar-refractivity contribution in [3.8, 4) is 5.75 Å². The maximum Gasteiger partial charge on any atom is 0.258 e. The Morgan fingerprint density at radius 3 is 2.34 bits per heavy atom. The van der Waals surface area contributed by atoms with Crippen LogP contribution in [0, 0.1) is 0 Å². The molecule has 0 radical (unpaired) electrons. The second-order valence-corrected chi connectivity index (χ2v) is 7.28. The summed E-state index contributed by atoms with van der Waals surface area (Å²) in [5, 5.41) is 0. The second-order valence-electron chi connectivity index (χ2n) is 7.28. The van der Waals surface area contributed by atoms with Gasteiger partial charge in [0.25, 0.3) is 5.91 Å². The number of rotatable bonds is 5. The third-order valence-electron chi connectivity index (χ3n) is 5.56. The van der Waals surface area contributed by atoms with E-state index in [9.17, 15) is 4.79 Å². The summed E-state index contributed by atoms with van der Waals surface area (Å²) < 4.78 is 5.46. The van der Waals surface area contributed by atoms with E-state index >= 15 is 0 Å². The number of methoxy groups -OCH3 is 1. The number of amides is 1. The molecule has 0 bridgehead atoms. The molecule has 0 saturated carbocycles. The molecule has 0 heterocycles. The van der Waals surface area contributed by atoms with Gasteiger partial charge in [-0.25, -0.2) is 0 Å². The number of hydrogen-bond donors (Lipinski definition) is 0. The lowest BCUT2D eigenvalue weighted by Crippen LogP contribution is -2.43. The number of ether oxygens (including phenoxy) is 1. The second kappa shape index (κ2) is 9.75. The van der Waals surface area contributed by atoms with Crippen LogP contribution in [0.2, 0.25) is 0 Å². The van der Waals surface area contributed by atoms with E-state index < -0.39 is 0 Å². The van der Waals surface area contributed by atoms with Gasteiger partial charge in [-0.2, -0.15) is 0 Å². The van der Waals surface area contributed by atoms with Crippen molar-refractivity contribution in [3.05, 3.63) is 101 Å². The van der Waals surface area contributed by atoms with Gasteiger partial charge in [0, 0.05) is 12.6 Å². The number of aryl methyl sites for hydroxylation is 1. The minimum Gasteiger partial charge on any atom is -0.496 e. The number of carbonyl (C=O) groups excluding carboxylic acids is 1. The number of nitrogens with zero attached hydrogens (tertiary/aromatic N) is 1. The largest absolute Gasteiger partial charge is 0.496 e. The number of para-hydroxylation sites is 1. The number of halogens is 1. The molecular weight excluding hydrogens is 426 g/mol. The SMILES string of the molecule is Br.COc1ccccc1C(=O)N(Cc1ccccc1)C1CCc2ccccc2C1. The zero-order chi connectivity index (χ0) is 19.3. The summed E-state index contributed by atoms with van der Waals surface area (Å²) >= 11 is 0.